The fraction of sp³-hybridized carbons (Fsp3) is 0.400. The van der Waals surface area contributed by atoms with Crippen molar-refractivity contribution >= 4 is 17.4 Å². The first-order valence-electron chi connectivity index (χ1n) is 6.82. The van der Waals surface area contributed by atoms with Gasteiger partial charge in [0.25, 0.3) is 5.91 Å². The van der Waals surface area contributed by atoms with E-state index in [9.17, 15) is 4.79 Å². The van der Waals surface area contributed by atoms with Crippen LogP contribution in [0.5, 0.6) is 0 Å². The quantitative estimate of drug-likeness (QED) is 0.917. The maximum Gasteiger partial charge on any atom is 0.265 e. The van der Waals surface area contributed by atoms with Gasteiger partial charge in [-0.3, -0.25) is 4.79 Å². The van der Waals surface area contributed by atoms with Crippen LogP contribution >= 0.6 is 11.5 Å². The highest BCUT2D eigenvalue weighted by atomic mass is 32.1. The molecule has 1 atom stereocenters. The van der Waals surface area contributed by atoms with Gasteiger partial charge in [0.2, 0.25) is 0 Å². The van der Waals surface area contributed by atoms with E-state index in [4.69, 9.17) is 0 Å². The monoisotopic (exact) mass is 289 g/mol. The SMILES string of the molecule is CCC[C@H](C)NC(=O)c1snnc1-c1ccc(C)cc1. The number of carbonyl (C=O) groups excluding carboxylic acids is 1. The van der Waals surface area contributed by atoms with Crippen molar-refractivity contribution in [2.45, 2.75) is 39.7 Å². The lowest BCUT2D eigenvalue weighted by Crippen LogP contribution is -2.32. The minimum absolute atomic E-state index is 0.0866. The molecule has 1 amide bonds. The van der Waals surface area contributed by atoms with Crippen molar-refractivity contribution in [1.82, 2.24) is 14.9 Å². The number of hydrogen-bond acceptors (Lipinski definition) is 4. The van der Waals surface area contributed by atoms with E-state index in [-0.39, 0.29) is 11.9 Å². The van der Waals surface area contributed by atoms with Gasteiger partial charge < -0.3 is 5.32 Å². The normalized spacial score (nSPS) is 12.2. The smallest absolute Gasteiger partial charge is 0.265 e. The molecule has 0 fully saturated rings. The standard InChI is InChI=1S/C15H19N3OS/c1-4-5-11(3)16-15(19)14-13(17-18-20-14)12-8-6-10(2)7-9-12/h6-9,11H,4-5H2,1-3H3,(H,16,19)/t11-/m0/s1. The summed E-state index contributed by atoms with van der Waals surface area (Å²) in [5.74, 6) is -0.0866. The van der Waals surface area contributed by atoms with Crippen molar-refractivity contribution in [3.8, 4) is 11.3 Å². The van der Waals surface area contributed by atoms with Crippen LogP contribution in [0.25, 0.3) is 11.3 Å². The number of nitrogens with one attached hydrogen (secondary N) is 1. The molecule has 0 bridgehead atoms. The number of hydrogen-bond donors (Lipinski definition) is 1. The summed E-state index contributed by atoms with van der Waals surface area (Å²) in [6, 6.07) is 8.13. The minimum atomic E-state index is -0.0866. The number of aromatic nitrogens is 2. The molecular formula is C15H19N3OS. The molecule has 0 aliphatic rings. The Kier molecular flexibility index (Phi) is 4.84. The van der Waals surface area contributed by atoms with Crippen LogP contribution in [0.2, 0.25) is 0 Å². The summed E-state index contributed by atoms with van der Waals surface area (Å²) in [5, 5.41) is 7.09. The highest BCUT2D eigenvalue weighted by molar-refractivity contribution is 7.08. The number of aryl methyl sites for hydroxylation is 1. The summed E-state index contributed by atoms with van der Waals surface area (Å²) in [5.41, 5.74) is 2.77. The zero-order valence-electron chi connectivity index (χ0n) is 12.0. The molecule has 5 heteroatoms. The van der Waals surface area contributed by atoms with Crippen molar-refractivity contribution in [2.24, 2.45) is 0 Å². The van der Waals surface area contributed by atoms with Crippen LogP contribution < -0.4 is 5.32 Å². The molecule has 0 aliphatic carbocycles. The molecule has 106 valence electrons. The van der Waals surface area contributed by atoms with E-state index in [1.165, 1.54) is 5.56 Å². The summed E-state index contributed by atoms with van der Waals surface area (Å²) < 4.78 is 3.93. The van der Waals surface area contributed by atoms with Crippen molar-refractivity contribution < 1.29 is 4.79 Å². The highest BCUT2D eigenvalue weighted by Gasteiger charge is 2.18. The Morgan fingerprint density at radius 2 is 2.05 bits per heavy atom. The second-order valence-electron chi connectivity index (χ2n) is 4.98. The Morgan fingerprint density at radius 3 is 2.70 bits per heavy atom. The highest BCUT2D eigenvalue weighted by Crippen LogP contribution is 2.24. The van der Waals surface area contributed by atoms with Crippen LogP contribution in [-0.2, 0) is 0 Å². The van der Waals surface area contributed by atoms with Crippen LogP contribution in [0.1, 0.15) is 41.9 Å². The lowest BCUT2D eigenvalue weighted by Gasteiger charge is -2.12. The third-order valence-electron chi connectivity index (χ3n) is 3.12. The van der Waals surface area contributed by atoms with Gasteiger partial charge in [-0.05, 0) is 31.8 Å². The van der Waals surface area contributed by atoms with Gasteiger partial charge in [-0.2, -0.15) is 0 Å². The van der Waals surface area contributed by atoms with Crippen molar-refractivity contribution in [1.29, 1.82) is 0 Å². The minimum Gasteiger partial charge on any atom is -0.349 e. The summed E-state index contributed by atoms with van der Waals surface area (Å²) in [6.07, 6.45) is 2.02. The van der Waals surface area contributed by atoms with Crippen LogP contribution in [-0.4, -0.2) is 21.5 Å². The van der Waals surface area contributed by atoms with E-state index in [2.05, 4.69) is 21.8 Å². The van der Waals surface area contributed by atoms with Crippen molar-refractivity contribution in [3.63, 3.8) is 0 Å². The van der Waals surface area contributed by atoms with E-state index in [0.29, 0.717) is 10.6 Å². The summed E-state index contributed by atoms with van der Waals surface area (Å²) >= 11 is 1.14. The van der Waals surface area contributed by atoms with Crippen LogP contribution in [0, 0.1) is 6.92 Å². The van der Waals surface area contributed by atoms with E-state index in [0.717, 1.165) is 29.9 Å². The fourth-order valence-corrected chi connectivity index (χ4v) is 2.63. The molecule has 1 heterocycles. The van der Waals surface area contributed by atoms with Gasteiger partial charge in [0.1, 0.15) is 10.6 Å². The maximum atomic E-state index is 12.3. The molecule has 2 rings (SSSR count). The Bertz CT molecular complexity index is 577. The van der Waals surface area contributed by atoms with Gasteiger partial charge >= 0.3 is 0 Å². The Hall–Kier alpha value is -1.75. The lowest BCUT2D eigenvalue weighted by atomic mass is 10.1. The predicted molar refractivity (Wildman–Crippen MR) is 81.9 cm³/mol. The molecule has 4 nitrogen and oxygen atoms in total. The van der Waals surface area contributed by atoms with Crippen LogP contribution in [0.4, 0.5) is 0 Å². The van der Waals surface area contributed by atoms with E-state index >= 15 is 0 Å². The molecule has 1 aromatic heterocycles. The summed E-state index contributed by atoms with van der Waals surface area (Å²) in [4.78, 5) is 12.9. The molecule has 0 aliphatic heterocycles. The predicted octanol–water partition coefficient (Wildman–Crippen LogP) is 3.43. The first-order valence-corrected chi connectivity index (χ1v) is 7.59. The third-order valence-corrected chi connectivity index (χ3v) is 3.84. The van der Waals surface area contributed by atoms with Gasteiger partial charge in [0, 0.05) is 11.6 Å². The second-order valence-corrected chi connectivity index (χ2v) is 5.73. The van der Waals surface area contributed by atoms with Gasteiger partial charge in [-0.15, -0.1) is 5.10 Å². The molecule has 0 radical (unpaired) electrons. The van der Waals surface area contributed by atoms with E-state index in [1.807, 2.05) is 38.1 Å². The number of amides is 1. The zero-order chi connectivity index (χ0) is 14.5. The fourth-order valence-electron chi connectivity index (χ4n) is 2.03. The third kappa shape index (κ3) is 3.42. The van der Waals surface area contributed by atoms with Gasteiger partial charge in [-0.25, -0.2) is 0 Å². The molecule has 0 saturated carbocycles. The summed E-state index contributed by atoms with van der Waals surface area (Å²) in [6.45, 7) is 6.15. The first-order chi connectivity index (χ1) is 9.61. The lowest BCUT2D eigenvalue weighted by molar-refractivity contribution is 0.0943. The van der Waals surface area contributed by atoms with Gasteiger partial charge in [0.15, 0.2) is 0 Å². The second kappa shape index (κ2) is 6.61. The Balaban J connectivity index is 2.20. The molecule has 0 unspecified atom stereocenters. The van der Waals surface area contributed by atoms with E-state index in [1.54, 1.807) is 0 Å². The van der Waals surface area contributed by atoms with Gasteiger partial charge in [-0.1, -0.05) is 47.7 Å². The largest absolute Gasteiger partial charge is 0.349 e. The number of nitrogens with zero attached hydrogens (tertiary/aromatic N) is 2. The van der Waals surface area contributed by atoms with Crippen molar-refractivity contribution in [3.05, 3.63) is 34.7 Å². The topological polar surface area (TPSA) is 54.9 Å². The molecule has 1 aromatic carbocycles. The van der Waals surface area contributed by atoms with E-state index < -0.39 is 0 Å². The van der Waals surface area contributed by atoms with Crippen LogP contribution in [0.3, 0.4) is 0 Å². The first kappa shape index (κ1) is 14.7. The van der Waals surface area contributed by atoms with Crippen LogP contribution in [0.15, 0.2) is 24.3 Å². The van der Waals surface area contributed by atoms with Gasteiger partial charge in [0.05, 0.1) is 0 Å². The number of carbonyl (C=O) groups is 1. The van der Waals surface area contributed by atoms with Crippen molar-refractivity contribution in [2.75, 3.05) is 0 Å². The summed E-state index contributed by atoms with van der Waals surface area (Å²) in [7, 11) is 0. The average Bonchev–Trinajstić information content (AvgIpc) is 2.89. The molecule has 0 saturated heterocycles. The number of rotatable bonds is 5. The Morgan fingerprint density at radius 1 is 1.35 bits per heavy atom. The zero-order valence-corrected chi connectivity index (χ0v) is 12.8. The molecule has 1 N–H and O–H groups in total. The molecule has 2 aromatic rings. The molecule has 0 spiro atoms. The molecule has 20 heavy (non-hydrogen) atoms. The molecular weight excluding hydrogens is 270 g/mol. The average molecular weight is 289 g/mol. The maximum absolute atomic E-state index is 12.3. The Labute approximate surface area is 123 Å². The number of benzene rings is 1.